The predicted octanol–water partition coefficient (Wildman–Crippen LogP) is 1.54. The molecule has 1 aromatic carbocycles. The van der Waals surface area contributed by atoms with Crippen molar-refractivity contribution in [3.8, 4) is 0 Å². The van der Waals surface area contributed by atoms with Crippen molar-refractivity contribution in [3.63, 3.8) is 0 Å². The number of carbonyl (C=O) groups excluding carboxylic acids is 3. The highest BCUT2D eigenvalue weighted by Gasteiger charge is 2.38. The number of hydrogen-bond acceptors (Lipinski definition) is 3. The molecule has 0 aromatic heterocycles. The lowest BCUT2D eigenvalue weighted by Gasteiger charge is -2.28. The Bertz CT molecular complexity index is 618. The van der Waals surface area contributed by atoms with Gasteiger partial charge in [0.1, 0.15) is 6.54 Å². The summed E-state index contributed by atoms with van der Waals surface area (Å²) in [4.78, 5) is 39.6. The number of piperidine rings is 1. The molecule has 2 amide bonds. The molecule has 1 saturated heterocycles. The quantitative estimate of drug-likeness (QED) is 0.775. The Balaban J connectivity index is 1.84. The monoisotopic (exact) mass is 286 g/mol. The summed E-state index contributed by atoms with van der Waals surface area (Å²) < 4.78 is 0. The SMILES string of the molecule is Cc1cccc2c1N(CC(=O)N1CCCCC1)C(=O)C2=O. The van der Waals surface area contributed by atoms with Crippen LogP contribution in [0.4, 0.5) is 5.69 Å². The number of rotatable bonds is 2. The standard InChI is InChI=1S/C16H18N2O3/c1-11-6-5-7-12-14(11)18(16(21)15(12)20)10-13(19)17-8-3-2-4-9-17/h5-7H,2-4,8-10H2,1H3. The highest BCUT2D eigenvalue weighted by molar-refractivity contribution is 6.52. The molecule has 21 heavy (non-hydrogen) atoms. The Morgan fingerprint density at radius 3 is 2.57 bits per heavy atom. The molecule has 2 aliphatic heterocycles. The number of carbonyl (C=O) groups is 3. The molecule has 2 aliphatic rings. The first-order valence-corrected chi connectivity index (χ1v) is 7.33. The summed E-state index contributed by atoms with van der Waals surface area (Å²) in [7, 11) is 0. The molecule has 1 fully saturated rings. The summed E-state index contributed by atoms with van der Waals surface area (Å²) in [5.74, 6) is -1.18. The Labute approximate surface area is 123 Å². The van der Waals surface area contributed by atoms with Crippen LogP contribution in [0.15, 0.2) is 18.2 Å². The molecule has 110 valence electrons. The largest absolute Gasteiger partial charge is 0.341 e. The summed E-state index contributed by atoms with van der Waals surface area (Å²) in [6.45, 7) is 3.30. The van der Waals surface area contributed by atoms with Crippen LogP contribution in [-0.4, -0.2) is 42.1 Å². The van der Waals surface area contributed by atoms with Crippen LogP contribution >= 0.6 is 0 Å². The maximum absolute atomic E-state index is 12.3. The number of anilines is 1. The van der Waals surface area contributed by atoms with Crippen molar-refractivity contribution in [2.45, 2.75) is 26.2 Å². The van der Waals surface area contributed by atoms with Gasteiger partial charge in [-0.3, -0.25) is 19.3 Å². The fourth-order valence-corrected chi connectivity index (χ4v) is 3.07. The first-order valence-electron chi connectivity index (χ1n) is 7.33. The molecular formula is C16H18N2O3. The summed E-state index contributed by atoms with van der Waals surface area (Å²) in [5.41, 5.74) is 1.85. The Kier molecular flexibility index (Phi) is 3.49. The lowest BCUT2D eigenvalue weighted by molar-refractivity contribution is -0.131. The smallest absolute Gasteiger partial charge is 0.299 e. The molecule has 0 atom stereocenters. The number of benzene rings is 1. The van der Waals surface area contributed by atoms with Gasteiger partial charge in [-0.05, 0) is 37.8 Å². The first kappa shape index (κ1) is 13.8. The average molecular weight is 286 g/mol. The van der Waals surface area contributed by atoms with Gasteiger partial charge in [0.2, 0.25) is 5.91 Å². The van der Waals surface area contributed by atoms with E-state index in [9.17, 15) is 14.4 Å². The molecule has 0 saturated carbocycles. The van der Waals surface area contributed by atoms with E-state index in [1.807, 2.05) is 13.0 Å². The minimum Gasteiger partial charge on any atom is -0.341 e. The van der Waals surface area contributed by atoms with Gasteiger partial charge < -0.3 is 4.90 Å². The molecule has 0 unspecified atom stereocenters. The number of ketones is 1. The molecule has 5 heteroatoms. The third kappa shape index (κ3) is 2.33. The summed E-state index contributed by atoms with van der Waals surface area (Å²) in [6.07, 6.45) is 3.16. The molecule has 1 aromatic rings. The van der Waals surface area contributed by atoms with Crippen molar-refractivity contribution in [2.24, 2.45) is 0 Å². The van der Waals surface area contributed by atoms with Gasteiger partial charge in [0.25, 0.3) is 11.7 Å². The van der Waals surface area contributed by atoms with Crippen LogP contribution in [0.5, 0.6) is 0 Å². The third-order valence-electron chi connectivity index (χ3n) is 4.19. The molecular weight excluding hydrogens is 268 g/mol. The number of hydrogen-bond donors (Lipinski definition) is 0. The van der Waals surface area contributed by atoms with Crippen molar-refractivity contribution >= 4 is 23.3 Å². The third-order valence-corrected chi connectivity index (χ3v) is 4.19. The number of nitrogens with zero attached hydrogens (tertiary/aromatic N) is 2. The molecule has 0 bridgehead atoms. The summed E-state index contributed by atoms with van der Waals surface area (Å²) in [6, 6.07) is 5.26. The molecule has 0 spiro atoms. The second-order valence-corrected chi connectivity index (χ2v) is 5.63. The maximum Gasteiger partial charge on any atom is 0.299 e. The number of fused-ring (bicyclic) bond motifs is 1. The van der Waals surface area contributed by atoms with Gasteiger partial charge in [-0.15, -0.1) is 0 Å². The van der Waals surface area contributed by atoms with E-state index < -0.39 is 11.7 Å². The molecule has 0 aliphatic carbocycles. The van der Waals surface area contributed by atoms with Gasteiger partial charge in [-0.25, -0.2) is 0 Å². The zero-order valence-electron chi connectivity index (χ0n) is 12.1. The van der Waals surface area contributed by atoms with E-state index >= 15 is 0 Å². The second kappa shape index (κ2) is 5.31. The Hall–Kier alpha value is -2.17. The highest BCUT2D eigenvalue weighted by Crippen LogP contribution is 2.32. The van der Waals surface area contributed by atoms with Gasteiger partial charge >= 0.3 is 0 Å². The van der Waals surface area contributed by atoms with Gasteiger partial charge in [-0.2, -0.15) is 0 Å². The lowest BCUT2D eigenvalue weighted by Crippen LogP contribution is -2.44. The minimum absolute atomic E-state index is 0.0393. The van der Waals surface area contributed by atoms with Crippen molar-refractivity contribution in [2.75, 3.05) is 24.5 Å². The fraction of sp³-hybridized carbons (Fsp3) is 0.438. The lowest BCUT2D eigenvalue weighted by atomic mass is 10.1. The van der Waals surface area contributed by atoms with E-state index in [0.29, 0.717) is 11.3 Å². The van der Waals surface area contributed by atoms with Crippen LogP contribution in [-0.2, 0) is 9.59 Å². The van der Waals surface area contributed by atoms with Gasteiger partial charge in [0.05, 0.1) is 11.3 Å². The number of likely N-dealkylation sites (tertiary alicyclic amines) is 1. The summed E-state index contributed by atoms with van der Waals surface area (Å²) in [5, 5.41) is 0. The maximum atomic E-state index is 12.3. The number of Topliss-reactive ketones (excluding diaryl/α,β-unsaturated/α-hetero) is 1. The molecule has 0 radical (unpaired) electrons. The van der Waals surface area contributed by atoms with Crippen LogP contribution in [0.3, 0.4) is 0 Å². The van der Waals surface area contributed by atoms with Crippen molar-refractivity contribution in [1.82, 2.24) is 4.90 Å². The van der Waals surface area contributed by atoms with Gasteiger partial charge in [0.15, 0.2) is 0 Å². The van der Waals surface area contributed by atoms with E-state index in [-0.39, 0.29) is 12.5 Å². The molecule has 2 heterocycles. The average Bonchev–Trinajstić information content (AvgIpc) is 2.74. The van der Waals surface area contributed by atoms with Crippen LogP contribution in [0.25, 0.3) is 0 Å². The predicted molar refractivity (Wildman–Crippen MR) is 78.3 cm³/mol. The molecule has 3 rings (SSSR count). The number of aryl methyl sites for hydroxylation is 1. The van der Waals surface area contributed by atoms with Crippen molar-refractivity contribution in [1.29, 1.82) is 0 Å². The first-order chi connectivity index (χ1) is 10.1. The molecule has 0 N–H and O–H groups in total. The van der Waals surface area contributed by atoms with Gasteiger partial charge in [0, 0.05) is 13.1 Å². The normalized spacial score (nSPS) is 18.1. The van der Waals surface area contributed by atoms with E-state index in [1.54, 1.807) is 17.0 Å². The van der Waals surface area contributed by atoms with Crippen molar-refractivity contribution < 1.29 is 14.4 Å². The minimum atomic E-state index is -0.593. The van der Waals surface area contributed by atoms with E-state index in [2.05, 4.69) is 0 Å². The van der Waals surface area contributed by atoms with Crippen LogP contribution in [0.2, 0.25) is 0 Å². The van der Waals surface area contributed by atoms with E-state index in [1.165, 1.54) is 4.90 Å². The zero-order chi connectivity index (χ0) is 15.0. The summed E-state index contributed by atoms with van der Waals surface area (Å²) >= 11 is 0. The number of amides is 2. The zero-order valence-corrected chi connectivity index (χ0v) is 12.1. The van der Waals surface area contributed by atoms with Crippen LogP contribution in [0.1, 0.15) is 35.2 Å². The molecule has 5 nitrogen and oxygen atoms in total. The topological polar surface area (TPSA) is 57.7 Å². The number of para-hydroxylation sites is 1. The second-order valence-electron chi connectivity index (χ2n) is 5.63. The van der Waals surface area contributed by atoms with Gasteiger partial charge in [-0.1, -0.05) is 12.1 Å². The van der Waals surface area contributed by atoms with Crippen LogP contribution < -0.4 is 4.90 Å². The van der Waals surface area contributed by atoms with E-state index in [4.69, 9.17) is 0 Å². The fourth-order valence-electron chi connectivity index (χ4n) is 3.07. The highest BCUT2D eigenvalue weighted by atomic mass is 16.2. The van der Waals surface area contributed by atoms with Crippen LogP contribution in [0, 0.1) is 6.92 Å². The van der Waals surface area contributed by atoms with E-state index in [0.717, 1.165) is 37.9 Å². The Morgan fingerprint density at radius 1 is 1.14 bits per heavy atom. The Morgan fingerprint density at radius 2 is 1.86 bits per heavy atom. The van der Waals surface area contributed by atoms with Crippen molar-refractivity contribution in [3.05, 3.63) is 29.3 Å².